The fourth-order valence-corrected chi connectivity index (χ4v) is 1.83. The van der Waals surface area contributed by atoms with Crippen molar-refractivity contribution in [3.8, 4) is 0 Å². The van der Waals surface area contributed by atoms with Crippen LogP contribution in [-0.2, 0) is 9.73 Å². The van der Waals surface area contributed by atoms with Gasteiger partial charge in [-0.15, -0.1) is 0 Å². The number of oxazole rings is 1. The Morgan fingerprint density at radius 1 is 1.50 bits per heavy atom. The Morgan fingerprint density at radius 2 is 2.21 bits per heavy atom. The quantitative estimate of drug-likeness (QED) is 0.826. The fourth-order valence-electron chi connectivity index (χ4n) is 1.12. The summed E-state index contributed by atoms with van der Waals surface area (Å²) in [7, 11) is -2.84. The lowest BCUT2D eigenvalue weighted by Gasteiger charge is -1.95. The molecule has 0 radical (unpaired) electrons. The standard InChI is InChI=1S/C9H10N2O2S/c1-2-14(10,12)9-11-7-5-3-4-6-8(7)13-9/h3-6,10H,2H2,1H3. The summed E-state index contributed by atoms with van der Waals surface area (Å²) in [4.78, 5) is 4.03. The summed E-state index contributed by atoms with van der Waals surface area (Å²) in [5.41, 5.74) is 1.23. The monoisotopic (exact) mass is 210 g/mol. The van der Waals surface area contributed by atoms with E-state index in [1.54, 1.807) is 19.1 Å². The molecule has 4 nitrogen and oxygen atoms in total. The zero-order valence-electron chi connectivity index (χ0n) is 7.69. The summed E-state index contributed by atoms with van der Waals surface area (Å²) in [6.45, 7) is 1.68. The van der Waals surface area contributed by atoms with E-state index >= 15 is 0 Å². The van der Waals surface area contributed by atoms with Gasteiger partial charge in [-0.1, -0.05) is 19.1 Å². The molecule has 2 rings (SSSR count). The van der Waals surface area contributed by atoms with Crippen molar-refractivity contribution in [2.75, 3.05) is 5.75 Å². The van der Waals surface area contributed by atoms with Gasteiger partial charge in [0.25, 0.3) is 5.22 Å². The van der Waals surface area contributed by atoms with Crippen LogP contribution in [0.1, 0.15) is 6.92 Å². The molecule has 0 aliphatic carbocycles. The molecule has 0 saturated heterocycles. The van der Waals surface area contributed by atoms with Crippen LogP contribution in [0.5, 0.6) is 0 Å². The van der Waals surface area contributed by atoms with E-state index in [2.05, 4.69) is 4.98 Å². The zero-order chi connectivity index (χ0) is 10.2. The van der Waals surface area contributed by atoms with Gasteiger partial charge in [-0.3, -0.25) is 0 Å². The maximum absolute atomic E-state index is 11.6. The van der Waals surface area contributed by atoms with Crippen LogP contribution >= 0.6 is 0 Å². The van der Waals surface area contributed by atoms with E-state index < -0.39 is 9.73 Å². The predicted molar refractivity (Wildman–Crippen MR) is 53.7 cm³/mol. The van der Waals surface area contributed by atoms with Crippen molar-refractivity contribution in [2.45, 2.75) is 12.1 Å². The van der Waals surface area contributed by atoms with Gasteiger partial charge in [-0.05, 0) is 12.1 Å². The minimum Gasteiger partial charge on any atom is -0.429 e. The predicted octanol–water partition coefficient (Wildman–Crippen LogP) is 2.25. The number of aromatic nitrogens is 1. The van der Waals surface area contributed by atoms with Gasteiger partial charge in [0.2, 0.25) is 0 Å². The van der Waals surface area contributed by atoms with Crippen LogP contribution in [0.15, 0.2) is 33.9 Å². The highest BCUT2D eigenvalue weighted by Gasteiger charge is 2.15. The van der Waals surface area contributed by atoms with Gasteiger partial charge in [0.15, 0.2) is 5.58 Å². The maximum atomic E-state index is 11.6. The lowest BCUT2D eigenvalue weighted by atomic mass is 10.3. The number of rotatable bonds is 2. The Hall–Kier alpha value is -1.36. The lowest BCUT2D eigenvalue weighted by molar-refractivity contribution is 0.474. The van der Waals surface area contributed by atoms with Crippen LogP contribution in [-0.4, -0.2) is 14.9 Å². The molecule has 1 atom stereocenters. The molecule has 1 aromatic carbocycles. The van der Waals surface area contributed by atoms with Crippen LogP contribution in [0.3, 0.4) is 0 Å². The minimum atomic E-state index is -2.84. The summed E-state index contributed by atoms with van der Waals surface area (Å²) in [6, 6.07) is 7.16. The van der Waals surface area contributed by atoms with Gasteiger partial charge in [0.05, 0.1) is 0 Å². The van der Waals surface area contributed by atoms with Crippen molar-refractivity contribution in [3.05, 3.63) is 24.3 Å². The topological polar surface area (TPSA) is 67.0 Å². The first kappa shape index (κ1) is 9.21. The number of para-hydroxylation sites is 2. The summed E-state index contributed by atoms with van der Waals surface area (Å²) in [5.74, 6) is 0.222. The molecule has 0 aliphatic heterocycles. The Morgan fingerprint density at radius 3 is 2.86 bits per heavy atom. The average molecular weight is 210 g/mol. The number of fused-ring (bicyclic) bond motifs is 1. The van der Waals surface area contributed by atoms with Crippen LogP contribution < -0.4 is 0 Å². The van der Waals surface area contributed by atoms with Crippen molar-refractivity contribution in [2.24, 2.45) is 0 Å². The zero-order valence-corrected chi connectivity index (χ0v) is 8.50. The van der Waals surface area contributed by atoms with Gasteiger partial charge in [-0.25, -0.2) is 14.0 Å². The molecule has 74 valence electrons. The number of hydrogen-bond acceptors (Lipinski definition) is 4. The number of nitrogens with one attached hydrogen (secondary N) is 1. The van der Waals surface area contributed by atoms with E-state index in [1.165, 1.54) is 0 Å². The van der Waals surface area contributed by atoms with Crippen LogP contribution in [0.4, 0.5) is 0 Å². The Kier molecular flexibility index (Phi) is 2.03. The summed E-state index contributed by atoms with van der Waals surface area (Å²) < 4.78 is 24.4. The van der Waals surface area contributed by atoms with E-state index in [0.29, 0.717) is 11.1 Å². The Bertz CT molecular complexity index is 524. The van der Waals surface area contributed by atoms with Crippen molar-refractivity contribution >= 4 is 20.8 Å². The second-order valence-electron chi connectivity index (χ2n) is 2.91. The average Bonchev–Trinajstić information content (AvgIpc) is 2.61. The molecule has 5 heteroatoms. The first-order valence-corrected chi connectivity index (χ1v) is 5.98. The molecule has 0 saturated carbocycles. The molecule has 1 aromatic heterocycles. The van der Waals surface area contributed by atoms with E-state index in [4.69, 9.17) is 9.20 Å². The van der Waals surface area contributed by atoms with Crippen molar-refractivity contribution in [3.63, 3.8) is 0 Å². The van der Waals surface area contributed by atoms with Crippen molar-refractivity contribution < 1.29 is 8.63 Å². The van der Waals surface area contributed by atoms with Gasteiger partial charge in [0.1, 0.15) is 15.2 Å². The first-order chi connectivity index (χ1) is 6.63. The molecule has 0 aliphatic rings. The van der Waals surface area contributed by atoms with Gasteiger partial charge >= 0.3 is 0 Å². The first-order valence-electron chi connectivity index (χ1n) is 4.25. The number of nitrogens with zero attached hydrogens (tertiary/aromatic N) is 1. The fraction of sp³-hybridized carbons (Fsp3) is 0.222. The van der Waals surface area contributed by atoms with E-state index in [0.717, 1.165) is 0 Å². The molecule has 0 bridgehead atoms. The second-order valence-corrected chi connectivity index (χ2v) is 5.19. The van der Waals surface area contributed by atoms with Crippen LogP contribution in [0.2, 0.25) is 0 Å². The third-order valence-electron chi connectivity index (χ3n) is 1.96. The molecule has 2 aromatic rings. The highest BCUT2D eigenvalue weighted by atomic mass is 32.2. The van der Waals surface area contributed by atoms with E-state index in [-0.39, 0.29) is 11.0 Å². The summed E-state index contributed by atoms with van der Waals surface area (Å²) in [6.07, 6.45) is 0. The molecule has 1 heterocycles. The molecule has 14 heavy (non-hydrogen) atoms. The molecule has 1 N–H and O–H groups in total. The SMILES string of the molecule is CCS(=N)(=O)c1nc2ccccc2o1. The van der Waals surface area contributed by atoms with Crippen molar-refractivity contribution in [1.82, 2.24) is 4.98 Å². The van der Waals surface area contributed by atoms with E-state index in [9.17, 15) is 4.21 Å². The van der Waals surface area contributed by atoms with Crippen molar-refractivity contribution in [1.29, 1.82) is 4.78 Å². The highest BCUT2D eigenvalue weighted by molar-refractivity contribution is 7.92. The third-order valence-corrected chi connectivity index (χ3v) is 3.51. The van der Waals surface area contributed by atoms with E-state index in [1.807, 2.05) is 12.1 Å². The smallest absolute Gasteiger partial charge is 0.296 e. The summed E-state index contributed by atoms with van der Waals surface area (Å²) in [5, 5.41) is 0.0289. The van der Waals surface area contributed by atoms with Gasteiger partial charge in [0, 0.05) is 5.75 Å². The lowest BCUT2D eigenvalue weighted by Crippen LogP contribution is -2.01. The minimum absolute atomic E-state index is 0.0289. The summed E-state index contributed by atoms with van der Waals surface area (Å²) >= 11 is 0. The van der Waals surface area contributed by atoms with Crippen LogP contribution in [0, 0.1) is 4.78 Å². The second kappa shape index (κ2) is 3.09. The van der Waals surface area contributed by atoms with Crippen LogP contribution in [0.25, 0.3) is 11.1 Å². The number of hydrogen-bond donors (Lipinski definition) is 1. The Balaban J connectivity index is 2.67. The maximum Gasteiger partial charge on any atom is 0.296 e. The molecule has 1 unspecified atom stereocenters. The molecule has 0 amide bonds. The van der Waals surface area contributed by atoms with Gasteiger partial charge in [-0.2, -0.15) is 0 Å². The highest BCUT2D eigenvalue weighted by Crippen LogP contribution is 2.19. The number of benzene rings is 1. The molecule has 0 fully saturated rings. The van der Waals surface area contributed by atoms with Gasteiger partial charge < -0.3 is 4.42 Å². The largest absolute Gasteiger partial charge is 0.429 e. The normalized spacial score (nSPS) is 15.5. The molecular weight excluding hydrogens is 200 g/mol. The Labute approximate surface area is 81.9 Å². The molecule has 0 spiro atoms. The molecular formula is C9H10N2O2S. The third kappa shape index (κ3) is 1.39.